The van der Waals surface area contributed by atoms with Crippen molar-refractivity contribution in [2.45, 2.75) is 25.0 Å². The normalized spacial score (nSPS) is 11.4. The van der Waals surface area contributed by atoms with E-state index in [0.29, 0.717) is 6.04 Å². The van der Waals surface area contributed by atoms with E-state index in [-0.39, 0.29) is 6.10 Å². The Morgan fingerprint density at radius 1 is 1.00 bits per heavy atom. The molecule has 0 saturated heterocycles. The molecular formula is C12H22O3Si. The van der Waals surface area contributed by atoms with Crippen LogP contribution < -0.4 is 0 Å². The zero-order valence-corrected chi connectivity index (χ0v) is 11.3. The van der Waals surface area contributed by atoms with Crippen molar-refractivity contribution in [2.24, 2.45) is 0 Å². The monoisotopic (exact) mass is 242 g/mol. The van der Waals surface area contributed by atoms with Crippen molar-refractivity contribution in [3.63, 3.8) is 0 Å². The number of hydrogen-bond acceptors (Lipinski definition) is 3. The van der Waals surface area contributed by atoms with E-state index in [1.54, 1.807) is 20.3 Å². The van der Waals surface area contributed by atoms with E-state index in [2.05, 4.69) is 19.7 Å². The van der Waals surface area contributed by atoms with Crippen molar-refractivity contribution in [1.82, 2.24) is 0 Å². The van der Waals surface area contributed by atoms with Gasteiger partial charge in [-0.1, -0.05) is 18.2 Å². The smallest absolute Gasteiger partial charge is 0.377 e. The van der Waals surface area contributed by atoms with Crippen LogP contribution in [0.3, 0.4) is 0 Å². The van der Waals surface area contributed by atoms with Crippen LogP contribution in [0.1, 0.15) is 12.8 Å². The second-order valence-corrected chi connectivity index (χ2v) is 6.20. The molecule has 0 aromatic rings. The molecule has 0 unspecified atom stereocenters. The molecule has 0 aromatic carbocycles. The fourth-order valence-electron chi connectivity index (χ4n) is 1.39. The van der Waals surface area contributed by atoms with Gasteiger partial charge < -0.3 is 13.3 Å². The maximum Gasteiger partial charge on any atom is 0.504 e. The highest BCUT2D eigenvalue weighted by Gasteiger charge is 2.39. The summed E-state index contributed by atoms with van der Waals surface area (Å²) in [6.45, 7) is 11.1. The quantitative estimate of drug-likeness (QED) is 0.435. The van der Waals surface area contributed by atoms with Gasteiger partial charge in [0.05, 0.1) is 6.10 Å². The Labute approximate surface area is 99.8 Å². The van der Waals surface area contributed by atoms with Crippen LogP contribution in [0.15, 0.2) is 38.0 Å². The third-order valence-corrected chi connectivity index (χ3v) is 4.95. The number of allylic oxidation sites excluding steroid dienone is 1. The number of rotatable bonds is 10. The van der Waals surface area contributed by atoms with Crippen LogP contribution >= 0.6 is 0 Å². The van der Waals surface area contributed by atoms with Gasteiger partial charge in [0, 0.05) is 20.3 Å². The largest absolute Gasteiger partial charge is 0.504 e. The minimum atomic E-state index is -2.59. The van der Waals surface area contributed by atoms with Gasteiger partial charge in [-0.15, -0.1) is 19.7 Å². The summed E-state index contributed by atoms with van der Waals surface area (Å²) in [6.07, 6.45) is 6.94. The predicted molar refractivity (Wildman–Crippen MR) is 69.3 cm³/mol. The summed E-state index contributed by atoms with van der Waals surface area (Å²) >= 11 is 0. The van der Waals surface area contributed by atoms with Crippen LogP contribution in [-0.4, -0.2) is 29.1 Å². The van der Waals surface area contributed by atoms with Gasteiger partial charge in [0.25, 0.3) is 0 Å². The lowest BCUT2D eigenvalue weighted by Crippen LogP contribution is -2.46. The maximum atomic E-state index is 5.94. The average Bonchev–Trinajstić information content (AvgIpc) is 2.29. The van der Waals surface area contributed by atoms with Gasteiger partial charge >= 0.3 is 8.80 Å². The Kier molecular flexibility index (Phi) is 8.11. The summed E-state index contributed by atoms with van der Waals surface area (Å²) in [7, 11) is 0.624. The maximum absolute atomic E-state index is 5.94. The van der Waals surface area contributed by atoms with E-state index in [4.69, 9.17) is 13.3 Å². The Morgan fingerprint density at radius 3 is 1.81 bits per heavy atom. The molecule has 0 bridgehead atoms. The van der Waals surface area contributed by atoms with Crippen molar-refractivity contribution in [3.8, 4) is 0 Å². The van der Waals surface area contributed by atoms with Gasteiger partial charge in [-0.2, -0.15) is 0 Å². The van der Waals surface area contributed by atoms with Crippen molar-refractivity contribution in [3.05, 3.63) is 38.0 Å². The van der Waals surface area contributed by atoms with Gasteiger partial charge in [-0.05, 0) is 12.8 Å². The Balaban J connectivity index is 4.58. The summed E-state index contributed by atoms with van der Waals surface area (Å²) in [5.41, 5.74) is 0. The predicted octanol–water partition coefficient (Wildman–Crippen LogP) is 2.94. The molecule has 0 aliphatic rings. The zero-order valence-electron chi connectivity index (χ0n) is 10.3. The molecule has 16 heavy (non-hydrogen) atoms. The van der Waals surface area contributed by atoms with Gasteiger partial charge in [0.2, 0.25) is 0 Å². The summed E-state index contributed by atoms with van der Waals surface area (Å²) in [5.74, 6) is 0. The molecule has 0 heterocycles. The van der Waals surface area contributed by atoms with Gasteiger partial charge in [-0.25, -0.2) is 0 Å². The molecule has 0 atom stereocenters. The third-order valence-electron chi connectivity index (χ3n) is 2.22. The summed E-state index contributed by atoms with van der Waals surface area (Å²) in [6, 6.07) is 0.602. The molecule has 4 heteroatoms. The average molecular weight is 242 g/mol. The Hall–Kier alpha value is -0.683. The molecule has 0 aliphatic heterocycles. The molecule has 0 radical (unpaired) electrons. The van der Waals surface area contributed by atoms with Crippen LogP contribution in [0.4, 0.5) is 0 Å². The van der Waals surface area contributed by atoms with E-state index in [1.165, 1.54) is 0 Å². The molecule has 92 valence electrons. The Bertz CT molecular complexity index is 214. The summed E-state index contributed by atoms with van der Waals surface area (Å²) in [4.78, 5) is 0. The highest BCUT2D eigenvalue weighted by Crippen LogP contribution is 2.20. The number of hydrogen-bond donors (Lipinski definition) is 0. The van der Waals surface area contributed by atoms with Crippen LogP contribution in [0.5, 0.6) is 0 Å². The first kappa shape index (κ1) is 15.3. The molecule has 0 aliphatic carbocycles. The molecule has 0 aromatic heterocycles. The van der Waals surface area contributed by atoms with Crippen LogP contribution in [0, 0.1) is 0 Å². The lowest BCUT2D eigenvalue weighted by Gasteiger charge is -2.29. The minimum absolute atomic E-state index is 0.0153. The van der Waals surface area contributed by atoms with Gasteiger partial charge in [-0.3, -0.25) is 0 Å². The SMILES string of the molecule is C=CCC(CC=C)O[Si](CC=C)(OC)OC. The van der Waals surface area contributed by atoms with E-state index in [9.17, 15) is 0 Å². The molecule has 0 spiro atoms. The van der Waals surface area contributed by atoms with E-state index in [0.717, 1.165) is 12.8 Å². The molecule has 0 rings (SSSR count). The first-order valence-electron chi connectivity index (χ1n) is 5.28. The Morgan fingerprint density at radius 2 is 1.50 bits per heavy atom. The summed E-state index contributed by atoms with van der Waals surface area (Å²) < 4.78 is 16.7. The van der Waals surface area contributed by atoms with Gasteiger partial charge in [0.1, 0.15) is 0 Å². The minimum Gasteiger partial charge on any atom is -0.377 e. The summed E-state index contributed by atoms with van der Waals surface area (Å²) in [5, 5.41) is 0. The first-order valence-corrected chi connectivity index (χ1v) is 7.22. The van der Waals surface area contributed by atoms with Crippen LogP contribution in [0.25, 0.3) is 0 Å². The van der Waals surface area contributed by atoms with Crippen molar-refractivity contribution < 1.29 is 13.3 Å². The second-order valence-electron chi connectivity index (χ2n) is 3.37. The fraction of sp³-hybridized carbons (Fsp3) is 0.500. The first-order chi connectivity index (χ1) is 7.67. The highest BCUT2D eigenvalue weighted by atomic mass is 28.4. The van der Waals surface area contributed by atoms with Crippen molar-refractivity contribution in [1.29, 1.82) is 0 Å². The lowest BCUT2D eigenvalue weighted by atomic mass is 10.2. The lowest BCUT2D eigenvalue weighted by molar-refractivity contribution is 0.0599. The van der Waals surface area contributed by atoms with Crippen LogP contribution in [-0.2, 0) is 13.3 Å². The second kappa shape index (κ2) is 8.47. The standard InChI is InChI=1S/C12H22O3Si/c1-6-9-12(10-7-2)15-16(13-4,14-5)11-8-3/h6-8,12H,1-3,9-11H2,4-5H3. The molecule has 0 N–H and O–H groups in total. The van der Waals surface area contributed by atoms with Crippen molar-refractivity contribution in [2.75, 3.05) is 14.2 Å². The molecule has 0 amide bonds. The topological polar surface area (TPSA) is 27.7 Å². The highest BCUT2D eigenvalue weighted by molar-refractivity contribution is 6.61. The third kappa shape index (κ3) is 4.89. The molecule has 0 fully saturated rings. The van der Waals surface area contributed by atoms with Crippen LogP contribution in [0.2, 0.25) is 6.04 Å². The van der Waals surface area contributed by atoms with Crippen molar-refractivity contribution >= 4 is 8.80 Å². The van der Waals surface area contributed by atoms with E-state index >= 15 is 0 Å². The molecular weight excluding hydrogens is 220 g/mol. The van der Waals surface area contributed by atoms with E-state index in [1.807, 2.05) is 12.2 Å². The molecule has 0 saturated carbocycles. The fourth-order valence-corrected chi connectivity index (χ4v) is 3.23. The van der Waals surface area contributed by atoms with Gasteiger partial charge in [0.15, 0.2) is 0 Å². The molecule has 3 nitrogen and oxygen atoms in total. The van der Waals surface area contributed by atoms with E-state index < -0.39 is 8.80 Å². The zero-order chi connectivity index (χ0) is 12.4.